The maximum absolute atomic E-state index is 13.2. The van der Waals surface area contributed by atoms with Crippen molar-refractivity contribution in [3.8, 4) is 11.1 Å². The molecule has 0 spiro atoms. The largest absolute Gasteiger partial charge is 0.418 e. The van der Waals surface area contributed by atoms with E-state index in [0.717, 1.165) is 22.1 Å². The fraction of sp³-hybridized carbons (Fsp3) is 0.240. The first-order valence-electron chi connectivity index (χ1n) is 10.9. The third-order valence-corrected chi connectivity index (χ3v) is 6.54. The molecule has 10 heteroatoms. The van der Waals surface area contributed by atoms with Crippen molar-refractivity contribution in [2.45, 2.75) is 26.6 Å². The number of rotatable bonds is 7. The zero-order valence-corrected chi connectivity index (χ0v) is 19.9. The molecular weight excluding hydrogens is 477 g/mol. The monoisotopic (exact) mass is 500 g/mol. The van der Waals surface area contributed by atoms with Crippen molar-refractivity contribution >= 4 is 33.1 Å². The number of carbonyl (C=O) groups is 1. The molecule has 0 aliphatic heterocycles. The second-order valence-electron chi connectivity index (χ2n) is 7.99. The molecule has 2 N–H and O–H groups in total. The van der Waals surface area contributed by atoms with Crippen LogP contribution >= 0.6 is 11.3 Å². The van der Waals surface area contributed by atoms with Crippen molar-refractivity contribution in [2.24, 2.45) is 0 Å². The van der Waals surface area contributed by atoms with E-state index in [2.05, 4.69) is 15.3 Å². The van der Waals surface area contributed by atoms with Crippen molar-refractivity contribution in [1.29, 1.82) is 0 Å². The van der Waals surface area contributed by atoms with Crippen LogP contribution in [0.15, 0.2) is 59.4 Å². The summed E-state index contributed by atoms with van der Waals surface area (Å²) in [5.74, 6) is -0.209. The first kappa shape index (κ1) is 24.6. The number of aryl methyl sites for hydroxylation is 1. The molecule has 0 saturated heterocycles. The Bertz CT molecular complexity index is 1410. The molecular formula is C25H23F3N4O2S. The topological polar surface area (TPSA) is 78.1 Å². The van der Waals surface area contributed by atoms with E-state index in [4.69, 9.17) is 0 Å². The Kier molecular flexibility index (Phi) is 7.04. The maximum Gasteiger partial charge on any atom is 0.418 e. The minimum absolute atomic E-state index is 0.160. The highest BCUT2D eigenvalue weighted by Crippen LogP contribution is 2.36. The molecule has 4 rings (SSSR count). The van der Waals surface area contributed by atoms with E-state index < -0.39 is 17.6 Å². The fourth-order valence-electron chi connectivity index (χ4n) is 3.91. The number of carbonyl (C=O) groups excluding carboxylic acids is 1. The van der Waals surface area contributed by atoms with Crippen LogP contribution in [-0.4, -0.2) is 33.9 Å². The average Bonchev–Trinajstić information content (AvgIpc) is 3.15. The lowest BCUT2D eigenvalue weighted by Gasteiger charge is -2.20. The van der Waals surface area contributed by atoms with Gasteiger partial charge in [0.2, 0.25) is 5.91 Å². The van der Waals surface area contributed by atoms with Gasteiger partial charge in [0, 0.05) is 10.4 Å². The maximum atomic E-state index is 13.2. The van der Waals surface area contributed by atoms with Crippen LogP contribution in [-0.2, 0) is 17.5 Å². The SMILES string of the molecule is CCN(CC(=O)Nc1ccccc1C(F)(F)F)Cc1nc2sc(C)c(-c3ccccc3)c2c(=O)[nH]1. The van der Waals surface area contributed by atoms with E-state index in [9.17, 15) is 22.8 Å². The van der Waals surface area contributed by atoms with Gasteiger partial charge in [0.25, 0.3) is 5.56 Å². The highest BCUT2D eigenvalue weighted by atomic mass is 32.1. The average molecular weight is 501 g/mol. The summed E-state index contributed by atoms with van der Waals surface area (Å²) in [6, 6.07) is 14.4. The number of thiophene rings is 1. The standard InChI is InChI=1S/C25H23F3N4O2S/c1-3-32(14-20(33)29-18-12-8-7-11-17(18)25(26,27)28)13-19-30-23(34)22-21(15(2)35-24(22)31-19)16-9-5-4-6-10-16/h4-12H,3,13-14H2,1-2H3,(H,29,33)(H,30,31,34). The van der Waals surface area contributed by atoms with E-state index in [1.54, 1.807) is 4.90 Å². The minimum atomic E-state index is -4.58. The lowest BCUT2D eigenvalue weighted by Crippen LogP contribution is -2.34. The van der Waals surface area contributed by atoms with Gasteiger partial charge in [-0.1, -0.05) is 49.4 Å². The number of halogens is 3. The van der Waals surface area contributed by atoms with Gasteiger partial charge < -0.3 is 10.3 Å². The molecule has 0 saturated carbocycles. The zero-order chi connectivity index (χ0) is 25.2. The lowest BCUT2D eigenvalue weighted by atomic mass is 10.0. The molecule has 2 aromatic carbocycles. The third kappa shape index (κ3) is 5.44. The highest BCUT2D eigenvalue weighted by molar-refractivity contribution is 7.19. The number of aromatic amines is 1. The number of nitrogens with one attached hydrogen (secondary N) is 2. The molecule has 0 bridgehead atoms. The van der Waals surface area contributed by atoms with Gasteiger partial charge in [-0.3, -0.25) is 14.5 Å². The molecule has 2 aromatic heterocycles. The molecule has 35 heavy (non-hydrogen) atoms. The van der Waals surface area contributed by atoms with E-state index >= 15 is 0 Å². The van der Waals surface area contributed by atoms with Gasteiger partial charge in [-0.25, -0.2) is 4.98 Å². The first-order chi connectivity index (χ1) is 16.7. The van der Waals surface area contributed by atoms with E-state index in [-0.39, 0.29) is 24.3 Å². The molecule has 1 amide bonds. The molecule has 0 fully saturated rings. The first-order valence-corrected chi connectivity index (χ1v) is 11.7. The van der Waals surface area contributed by atoms with Crippen molar-refractivity contribution in [3.05, 3.63) is 81.2 Å². The summed E-state index contributed by atoms with van der Waals surface area (Å²) in [4.78, 5) is 36.2. The van der Waals surface area contributed by atoms with Crippen molar-refractivity contribution in [2.75, 3.05) is 18.4 Å². The summed E-state index contributed by atoms with van der Waals surface area (Å²) in [5, 5.41) is 2.87. The van der Waals surface area contributed by atoms with Gasteiger partial charge in [0.15, 0.2) is 0 Å². The molecule has 0 unspecified atom stereocenters. The molecule has 0 radical (unpaired) electrons. The Hall–Kier alpha value is -3.50. The second-order valence-corrected chi connectivity index (χ2v) is 9.19. The predicted molar refractivity (Wildman–Crippen MR) is 131 cm³/mol. The van der Waals surface area contributed by atoms with Crippen LogP contribution in [0.5, 0.6) is 0 Å². The summed E-state index contributed by atoms with van der Waals surface area (Å²) in [6.07, 6.45) is -4.58. The molecule has 182 valence electrons. The highest BCUT2D eigenvalue weighted by Gasteiger charge is 2.33. The van der Waals surface area contributed by atoms with Crippen LogP contribution in [0, 0.1) is 6.92 Å². The Labute approximate surface area is 203 Å². The second kappa shape index (κ2) is 10.0. The Morgan fingerprint density at radius 3 is 2.49 bits per heavy atom. The van der Waals surface area contributed by atoms with Gasteiger partial charge in [-0.05, 0) is 31.2 Å². The zero-order valence-electron chi connectivity index (χ0n) is 19.1. The van der Waals surface area contributed by atoms with Gasteiger partial charge >= 0.3 is 6.18 Å². The van der Waals surface area contributed by atoms with Gasteiger partial charge in [0.1, 0.15) is 10.7 Å². The van der Waals surface area contributed by atoms with Crippen LogP contribution in [0.2, 0.25) is 0 Å². The Balaban J connectivity index is 1.54. The summed E-state index contributed by atoms with van der Waals surface area (Å²) in [7, 11) is 0. The number of anilines is 1. The number of hydrogen-bond donors (Lipinski definition) is 2. The number of hydrogen-bond acceptors (Lipinski definition) is 5. The number of benzene rings is 2. The number of likely N-dealkylation sites (N-methyl/N-ethyl adjacent to an activating group) is 1. The van der Waals surface area contributed by atoms with Gasteiger partial charge in [-0.2, -0.15) is 13.2 Å². The predicted octanol–water partition coefficient (Wildman–Crippen LogP) is 5.44. The van der Waals surface area contributed by atoms with E-state index in [1.807, 2.05) is 44.2 Å². The molecule has 0 aliphatic rings. The third-order valence-electron chi connectivity index (χ3n) is 5.54. The fourth-order valence-corrected chi connectivity index (χ4v) is 4.98. The number of amides is 1. The normalized spacial score (nSPS) is 11.8. The molecule has 0 aliphatic carbocycles. The molecule has 6 nitrogen and oxygen atoms in total. The molecule has 0 atom stereocenters. The lowest BCUT2D eigenvalue weighted by molar-refractivity contribution is -0.137. The summed E-state index contributed by atoms with van der Waals surface area (Å²) >= 11 is 1.42. The smallest absolute Gasteiger partial charge is 0.324 e. The van der Waals surface area contributed by atoms with Crippen LogP contribution in [0.3, 0.4) is 0 Å². The number of H-pyrrole nitrogens is 1. The summed E-state index contributed by atoms with van der Waals surface area (Å²) in [5.41, 5.74) is 0.308. The van der Waals surface area contributed by atoms with Gasteiger partial charge in [0.05, 0.1) is 29.7 Å². The Morgan fingerprint density at radius 2 is 1.80 bits per heavy atom. The number of aromatic nitrogens is 2. The molecule has 4 aromatic rings. The van der Waals surface area contributed by atoms with Crippen LogP contribution in [0.25, 0.3) is 21.3 Å². The number of alkyl halides is 3. The quantitative estimate of drug-likeness (QED) is 0.354. The van der Waals surface area contributed by atoms with Crippen LogP contribution < -0.4 is 10.9 Å². The van der Waals surface area contributed by atoms with Crippen LogP contribution in [0.1, 0.15) is 23.2 Å². The summed E-state index contributed by atoms with van der Waals surface area (Å²) in [6.45, 7) is 4.18. The molecule has 2 heterocycles. The van der Waals surface area contributed by atoms with Crippen molar-refractivity contribution in [3.63, 3.8) is 0 Å². The Morgan fingerprint density at radius 1 is 1.11 bits per heavy atom. The van der Waals surface area contributed by atoms with E-state index in [0.29, 0.717) is 22.6 Å². The minimum Gasteiger partial charge on any atom is -0.324 e. The van der Waals surface area contributed by atoms with Crippen molar-refractivity contribution in [1.82, 2.24) is 14.9 Å². The number of para-hydroxylation sites is 1. The van der Waals surface area contributed by atoms with E-state index in [1.165, 1.54) is 29.5 Å². The van der Waals surface area contributed by atoms with Gasteiger partial charge in [-0.15, -0.1) is 11.3 Å². The number of fused-ring (bicyclic) bond motifs is 1. The summed E-state index contributed by atoms with van der Waals surface area (Å²) < 4.78 is 39.6. The number of nitrogens with zero attached hydrogens (tertiary/aromatic N) is 2. The van der Waals surface area contributed by atoms with Crippen molar-refractivity contribution < 1.29 is 18.0 Å². The van der Waals surface area contributed by atoms with Crippen LogP contribution in [0.4, 0.5) is 18.9 Å².